The van der Waals surface area contributed by atoms with E-state index in [0.29, 0.717) is 5.56 Å². The Morgan fingerprint density at radius 3 is 2.25 bits per heavy atom. The highest BCUT2D eigenvalue weighted by Crippen LogP contribution is 2.32. The van der Waals surface area contributed by atoms with E-state index in [-0.39, 0.29) is 11.9 Å². The molecule has 0 aliphatic heterocycles. The third kappa shape index (κ3) is 2.83. The first-order chi connectivity index (χ1) is 9.56. The fourth-order valence-corrected chi connectivity index (χ4v) is 2.42. The van der Waals surface area contributed by atoms with Crippen LogP contribution in [0.25, 0.3) is 0 Å². The first kappa shape index (κ1) is 14.5. The maximum Gasteiger partial charge on any atom is 0.128 e. The third-order valence-electron chi connectivity index (χ3n) is 3.45. The van der Waals surface area contributed by atoms with E-state index >= 15 is 0 Å². The summed E-state index contributed by atoms with van der Waals surface area (Å²) in [6.45, 7) is 3.90. The van der Waals surface area contributed by atoms with E-state index in [1.807, 2.05) is 51.2 Å². The van der Waals surface area contributed by atoms with Crippen LogP contribution in [0.15, 0.2) is 36.4 Å². The third-order valence-corrected chi connectivity index (χ3v) is 3.45. The van der Waals surface area contributed by atoms with Gasteiger partial charge in [0.2, 0.25) is 0 Å². The van der Waals surface area contributed by atoms with Crippen LogP contribution in [0.3, 0.4) is 0 Å². The minimum atomic E-state index is -0.231. The van der Waals surface area contributed by atoms with Gasteiger partial charge < -0.3 is 10.1 Å². The molecule has 20 heavy (non-hydrogen) atoms. The van der Waals surface area contributed by atoms with Gasteiger partial charge in [0.1, 0.15) is 11.6 Å². The van der Waals surface area contributed by atoms with Crippen LogP contribution in [0.2, 0.25) is 0 Å². The van der Waals surface area contributed by atoms with Crippen LogP contribution in [-0.2, 0) is 0 Å². The second-order valence-electron chi connectivity index (χ2n) is 4.99. The van der Waals surface area contributed by atoms with E-state index in [9.17, 15) is 4.39 Å². The van der Waals surface area contributed by atoms with Gasteiger partial charge in [-0.1, -0.05) is 29.8 Å². The zero-order valence-electron chi connectivity index (χ0n) is 12.3. The summed E-state index contributed by atoms with van der Waals surface area (Å²) in [6, 6.07) is 11.0. The van der Waals surface area contributed by atoms with E-state index in [0.717, 1.165) is 22.4 Å². The number of benzene rings is 2. The minimum Gasteiger partial charge on any atom is -0.496 e. The van der Waals surface area contributed by atoms with Gasteiger partial charge in [0.15, 0.2) is 0 Å². The lowest BCUT2D eigenvalue weighted by molar-refractivity contribution is 0.404. The zero-order valence-corrected chi connectivity index (χ0v) is 12.3. The van der Waals surface area contributed by atoms with E-state index in [2.05, 4.69) is 5.32 Å². The summed E-state index contributed by atoms with van der Waals surface area (Å²) in [6.07, 6.45) is 0. The van der Waals surface area contributed by atoms with Crippen LogP contribution in [-0.4, -0.2) is 14.2 Å². The normalized spacial score (nSPS) is 12.2. The first-order valence-corrected chi connectivity index (χ1v) is 6.64. The van der Waals surface area contributed by atoms with Crippen molar-refractivity contribution in [2.45, 2.75) is 19.9 Å². The van der Waals surface area contributed by atoms with Gasteiger partial charge in [-0.25, -0.2) is 4.39 Å². The summed E-state index contributed by atoms with van der Waals surface area (Å²) in [4.78, 5) is 0. The van der Waals surface area contributed by atoms with Crippen molar-refractivity contribution in [1.29, 1.82) is 0 Å². The van der Waals surface area contributed by atoms with E-state index in [1.165, 1.54) is 0 Å². The fraction of sp³-hybridized carbons (Fsp3) is 0.294. The molecule has 0 fully saturated rings. The Morgan fingerprint density at radius 2 is 1.65 bits per heavy atom. The molecule has 106 valence electrons. The Balaban J connectivity index is 2.54. The number of rotatable bonds is 4. The predicted octanol–water partition coefficient (Wildman–Crippen LogP) is 3.76. The highest BCUT2D eigenvalue weighted by atomic mass is 19.1. The molecule has 0 aliphatic rings. The Kier molecular flexibility index (Phi) is 4.40. The van der Waals surface area contributed by atoms with Crippen molar-refractivity contribution >= 4 is 0 Å². The van der Waals surface area contributed by atoms with E-state index < -0.39 is 0 Å². The quantitative estimate of drug-likeness (QED) is 0.915. The average Bonchev–Trinajstić information content (AvgIpc) is 2.42. The number of ether oxygens (including phenoxy) is 1. The summed E-state index contributed by atoms with van der Waals surface area (Å²) in [7, 11) is 3.46. The molecule has 1 N–H and O–H groups in total. The molecule has 3 heteroatoms. The average molecular weight is 273 g/mol. The van der Waals surface area contributed by atoms with Gasteiger partial charge in [-0.05, 0) is 38.6 Å². The lowest BCUT2D eigenvalue weighted by Crippen LogP contribution is -2.20. The van der Waals surface area contributed by atoms with Crippen molar-refractivity contribution < 1.29 is 9.13 Å². The van der Waals surface area contributed by atoms with Gasteiger partial charge in [0.05, 0.1) is 13.2 Å². The largest absolute Gasteiger partial charge is 0.496 e. The van der Waals surface area contributed by atoms with Crippen LogP contribution in [0.5, 0.6) is 5.75 Å². The SMILES string of the molecule is CNC(c1ccc(C)cc1F)c1cc(C)ccc1OC. The van der Waals surface area contributed by atoms with Gasteiger partial charge >= 0.3 is 0 Å². The molecule has 0 spiro atoms. The van der Waals surface area contributed by atoms with Gasteiger partial charge in [-0.3, -0.25) is 0 Å². The molecule has 0 radical (unpaired) electrons. The lowest BCUT2D eigenvalue weighted by Gasteiger charge is -2.21. The zero-order chi connectivity index (χ0) is 14.7. The fourth-order valence-electron chi connectivity index (χ4n) is 2.42. The van der Waals surface area contributed by atoms with Crippen molar-refractivity contribution in [1.82, 2.24) is 5.32 Å². The molecule has 0 bridgehead atoms. The van der Waals surface area contributed by atoms with Crippen LogP contribution < -0.4 is 10.1 Å². The maximum absolute atomic E-state index is 14.2. The predicted molar refractivity (Wildman–Crippen MR) is 79.8 cm³/mol. The molecule has 0 amide bonds. The number of methoxy groups -OCH3 is 1. The molecule has 2 rings (SSSR count). The number of halogens is 1. The molecule has 0 aliphatic carbocycles. The Hall–Kier alpha value is -1.87. The van der Waals surface area contributed by atoms with Gasteiger partial charge in [0, 0.05) is 11.1 Å². The van der Waals surface area contributed by atoms with E-state index in [1.54, 1.807) is 13.2 Å². The number of nitrogens with one attached hydrogen (secondary N) is 1. The molecule has 0 heterocycles. The Morgan fingerprint density at radius 1 is 1.00 bits per heavy atom. The van der Waals surface area contributed by atoms with Crippen molar-refractivity contribution in [2.24, 2.45) is 0 Å². The van der Waals surface area contributed by atoms with Crippen molar-refractivity contribution in [2.75, 3.05) is 14.2 Å². The van der Waals surface area contributed by atoms with E-state index in [4.69, 9.17) is 4.74 Å². The standard InChI is InChI=1S/C17H20FNO/c1-11-6-8-16(20-4)14(9-11)17(19-3)13-7-5-12(2)10-15(13)18/h5-10,17,19H,1-4H3. The summed E-state index contributed by atoms with van der Waals surface area (Å²) in [5, 5.41) is 3.18. The summed E-state index contributed by atoms with van der Waals surface area (Å²) >= 11 is 0. The maximum atomic E-state index is 14.2. The van der Waals surface area contributed by atoms with Crippen LogP contribution in [0, 0.1) is 19.7 Å². The lowest BCUT2D eigenvalue weighted by atomic mass is 9.95. The van der Waals surface area contributed by atoms with Gasteiger partial charge in [-0.15, -0.1) is 0 Å². The molecule has 2 nitrogen and oxygen atoms in total. The van der Waals surface area contributed by atoms with Crippen LogP contribution in [0.4, 0.5) is 4.39 Å². The Labute approximate surface area is 119 Å². The molecule has 0 saturated carbocycles. The Bertz CT molecular complexity index is 610. The summed E-state index contributed by atoms with van der Waals surface area (Å²) in [5.74, 6) is 0.558. The first-order valence-electron chi connectivity index (χ1n) is 6.64. The van der Waals surface area contributed by atoms with Crippen molar-refractivity contribution in [3.8, 4) is 5.75 Å². The van der Waals surface area contributed by atoms with Crippen LogP contribution >= 0.6 is 0 Å². The molecule has 0 saturated heterocycles. The highest BCUT2D eigenvalue weighted by Gasteiger charge is 2.20. The second-order valence-corrected chi connectivity index (χ2v) is 4.99. The molecule has 2 aromatic rings. The van der Waals surface area contributed by atoms with Crippen LogP contribution in [0.1, 0.15) is 28.3 Å². The molecular formula is C17H20FNO. The molecule has 2 aromatic carbocycles. The smallest absolute Gasteiger partial charge is 0.128 e. The summed E-state index contributed by atoms with van der Waals surface area (Å²) < 4.78 is 19.6. The topological polar surface area (TPSA) is 21.3 Å². The van der Waals surface area contributed by atoms with Gasteiger partial charge in [0.25, 0.3) is 0 Å². The van der Waals surface area contributed by atoms with Crippen molar-refractivity contribution in [3.63, 3.8) is 0 Å². The van der Waals surface area contributed by atoms with Crippen molar-refractivity contribution in [3.05, 3.63) is 64.5 Å². The molecule has 1 atom stereocenters. The number of hydrogen-bond acceptors (Lipinski definition) is 2. The molecule has 1 unspecified atom stereocenters. The summed E-state index contributed by atoms with van der Waals surface area (Å²) in [5.41, 5.74) is 3.60. The number of aryl methyl sites for hydroxylation is 2. The minimum absolute atomic E-state index is 0.201. The van der Waals surface area contributed by atoms with Gasteiger partial charge in [-0.2, -0.15) is 0 Å². The highest BCUT2D eigenvalue weighted by molar-refractivity contribution is 5.44. The second kappa shape index (κ2) is 6.06. The molecule has 0 aromatic heterocycles. The number of hydrogen-bond donors (Lipinski definition) is 1. The molecular weight excluding hydrogens is 253 g/mol. The monoisotopic (exact) mass is 273 g/mol.